The molecule has 0 atom stereocenters. The van der Waals surface area contributed by atoms with Crippen molar-refractivity contribution in [3.63, 3.8) is 0 Å². The number of methoxy groups -OCH3 is 1. The minimum atomic E-state index is -0.524. The molecule has 0 saturated carbocycles. The van der Waals surface area contributed by atoms with E-state index in [9.17, 15) is 4.79 Å². The zero-order valence-corrected chi connectivity index (χ0v) is 11.1. The summed E-state index contributed by atoms with van der Waals surface area (Å²) >= 11 is 0. The molecule has 0 bridgehead atoms. The molecule has 100 valence electrons. The van der Waals surface area contributed by atoms with Crippen molar-refractivity contribution in [1.29, 1.82) is 0 Å². The number of carbonyl (C=O) groups is 1. The Morgan fingerprint density at radius 3 is 2.84 bits per heavy atom. The third-order valence-corrected chi connectivity index (χ3v) is 2.95. The first-order chi connectivity index (χ1) is 9.19. The molecule has 0 aliphatic rings. The molecule has 0 amide bonds. The predicted octanol–water partition coefficient (Wildman–Crippen LogP) is 2.19. The maximum absolute atomic E-state index is 11.5. The van der Waals surface area contributed by atoms with Crippen LogP contribution in [0.15, 0.2) is 30.6 Å². The summed E-state index contributed by atoms with van der Waals surface area (Å²) in [5, 5.41) is 0. The van der Waals surface area contributed by atoms with Crippen LogP contribution in [0.2, 0.25) is 0 Å². The minimum Gasteiger partial charge on any atom is -0.464 e. The number of esters is 1. The van der Waals surface area contributed by atoms with Crippen LogP contribution in [-0.4, -0.2) is 22.6 Å². The van der Waals surface area contributed by atoms with Crippen LogP contribution in [-0.2, 0) is 11.2 Å². The predicted molar refractivity (Wildman–Crippen MR) is 73.3 cm³/mol. The van der Waals surface area contributed by atoms with Gasteiger partial charge in [0.2, 0.25) is 0 Å². The number of aromatic nitrogens is 2. The van der Waals surface area contributed by atoms with Crippen LogP contribution in [0.3, 0.4) is 0 Å². The molecule has 0 aliphatic heterocycles. The number of carbonyl (C=O) groups excluding carboxylic acids is 1. The highest BCUT2D eigenvalue weighted by atomic mass is 16.5. The zero-order chi connectivity index (χ0) is 13.8. The molecule has 0 fully saturated rings. The molecule has 5 heteroatoms. The van der Waals surface area contributed by atoms with Crippen LogP contribution in [0.4, 0.5) is 5.82 Å². The number of hydrogen-bond acceptors (Lipinski definition) is 4. The molecule has 2 N–H and O–H groups in total. The third kappa shape index (κ3) is 2.45. The topological polar surface area (TPSA) is 70.1 Å². The summed E-state index contributed by atoms with van der Waals surface area (Å²) in [7, 11) is 1.31. The Balaban J connectivity index is 2.48. The first-order valence-electron chi connectivity index (χ1n) is 6.18. The van der Waals surface area contributed by atoms with Crippen molar-refractivity contribution in [2.75, 3.05) is 12.8 Å². The van der Waals surface area contributed by atoms with Crippen molar-refractivity contribution >= 4 is 11.8 Å². The molecule has 19 heavy (non-hydrogen) atoms. The monoisotopic (exact) mass is 259 g/mol. The molecule has 1 aromatic carbocycles. The van der Waals surface area contributed by atoms with Gasteiger partial charge in [0.05, 0.1) is 12.8 Å². The first-order valence-corrected chi connectivity index (χ1v) is 6.18. The maximum atomic E-state index is 11.5. The molecule has 5 nitrogen and oxygen atoms in total. The normalized spacial score (nSPS) is 10.4. The van der Waals surface area contributed by atoms with E-state index in [1.807, 2.05) is 18.2 Å². The van der Waals surface area contributed by atoms with Crippen LogP contribution >= 0.6 is 0 Å². The standard InChI is InChI=1S/C14H17N3O2/c1-3-6-10-7-4-5-8-11(10)17-9-16-12(13(17)15)14(18)19-2/h4-5,7-9H,3,6,15H2,1-2H3. The van der Waals surface area contributed by atoms with Gasteiger partial charge >= 0.3 is 5.97 Å². The second kappa shape index (κ2) is 5.56. The summed E-state index contributed by atoms with van der Waals surface area (Å²) in [5.74, 6) is -0.223. The van der Waals surface area contributed by atoms with Gasteiger partial charge in [0, 0.05) is 0 Å². The fraction of sp³-hybridized carbons (Fsp3) is 0.286. The smallest absolute Gasteiger partial charge is 0.360 e. The van der Waals surface area contributed by atoms with Crippen molar-refractivity contribution in [2.45, 2.75) is 19.8 Å². The highest BCUT2D eigenvalue weighted by Crippen LogP contribution is 2.22. The summed E-state index contributed by atoms with van der Waals surface area (Å²) in [6.45, 7) is 2.12. The van der Waals surface area contributed by atoms with Gasteiger partial charge in [0.25, 0.3) is 0 Å². The largest absolute Gasteiger partial charge is 0.464 e. The summed E-state index contributed by atoms with van der Waals surface area (Å²) < 4.78 is 6.37. The lowest BCUT2D eigenvalue weighted by molar-refractivity contribution is 0.0596. The lowest BCUT2D eigenvalue weighted by Gasteiger charge is -2.11. The number of benzene rings is 1. The van der Waals surface area contributed by atoms with Gasteiger partial charge in [-0.2, -0.15) is 0 Å². The Kier molecular flexibility index (Phi) is 3.85. The molecule has 0 spiro atoms. The SMILES string of the molecule is CCCc1ccccc1-n1cnc(C(=O)OC)c1N. The molecule has 0 aliphatic carbocycles. The van der Waals surface area contributed by atoms with E-state index in [0.29, 0.717) is 5.82 Å². The molecule has 2 rings (SSSR count). The summed E-state index contributed by atoms with van der Waals surface area (Å²) in [6, 6.07) is 7.94. The van der Waals surface area contributed by atoms with Gasteiger partial charge in [-0.1, -0.05) is 31.5 Å². The number of anilines is 1. The van der Waals surface area contributed by atoms with Crippen LogP contribution in [0, 0.1) is 0 Å². The van der Waals surface area contributed by atoms with E-state index >= 15 is 0 Å². The van der Waals surface area contributed by atoms with Gasteiger partial charge in [0.15, 0.2) is 5.69 Å². The van der Waals surface area contributed by atoms with E-state index in [-0.39, 0.29) is 5.69 Å². The van der Waals surface area contributed by atoms with E-state index in [1.165, 1.54) is 12.7 Å². The number of hydrogen-bond donors (Lipinski definition) is 1. The van der Waals surface area contributed by atoms with E-state index < -0.39 is 5.97 Å². The molecular weight excluding hydrogens is 242 g/mol. The Labute approximate surface area is 112 Å². The Morgan fingerprint density at radius 1 is 1.42 bits per heavy atom. The number of para-hydroxylation sites is 1. The van der Waals surface area contributed by atoms with Gasteiger partial charge in [0.1, 0.15) is 12.1 Å². The average molecular weight is 259 g/mol. The van der Waals surface area contributed by atoms with Crippen molar-refractivity contribution in [1.82, 2.24) is 9.55 Å². The van der Waals surface area contributed by atoms with E-state index in [0.717, 1.165) is 18.5 Å². The number of nitrogen functional groups attached to an aromatic ring is 1. The molecule has 0 saturated heterocycles. The fourth-order valence-corrected chi connectivity index (χ4v) is 2.03. The van der Waals surface area contributed by atoms with Gasteiger partial charge in [-0.25, -0.2) is 9.78 Å². The summed E-state index contributed by atoms with van der Waals surface area (Å²) in [6.07, 6.45) is 3.53. The quantitative estimate of drug-likeness (QED) is 0.854. The second-order valence-electron chi connectivity index (χ2n) is 4.22. The van der Waals surface area contributed by atoms with Gasteiger partial charge in [-0.3, -0.25) is 4.57 Å². The molecule has 2 aromatic rings. The molecule has 1 aromatic heterocycles. The van der Waals surface area contributed by atoms with E-state index in [4.69, 9.17) is 5.73 Å². The van der Waals surface area contributed by atoms with E-state index in [2.05, 4.69) is 22.7 Å². The number of nitrogens with zero attached hydrogens (tertiary/aromatic N) is 2. The van der Waals surface area contributed by atoms with Crippen LogP contribution < -0.4 is 5.73 Å². The van der Waals surface area contributed by atoms with Gasteiger partial charge in [-0.05, 0) is 18.1 Å². The maximum Gasteiger partial charge on any atom is 0.360 e. The first kappa shape index (κ1) is 13.1. The van der Waals surface area contributed by atoms with Crippen molar-refractivity contribution in [3.8, 4) is 5.69 Å². The second-order valence-corrected chi connectivity index (χ2v) is 4.22. The highest BCUT2D eigenvalue weighted by Gasteiger charge is 2.17. The van der Waals surface area contributed by atoms with Crippen LogP contribution in [0.1, 0.15) is 29.4 Å². The molecule has 0 unspecified atom stereocenters. The van der Waals surface area contributed by atoms with E-state index in [1.54, 1.807) is 10.9 Å². The third-order valence-electron chi connectivity index (χ3n) is 2.95. The van der Waals surface area contributed by atoms with Crippen LogP contribution in [0.25, 0.3) is 5.69 Å². The molecule has 0 radical (unpaired) electrons. The Hall–Kier alpha value is -2.30. The Morgan fingerprint density at radius 2 is 2.16 bits per heavy atom. The zero-order valence-electron chi connectivity index (χ0n) is 11.1. The lowest BCUT2D eigenvalue weighted by Crippen LogP contribution is -2.08. The van der Waals surface area contributed by atoms with Crippen molar-refractivity contribution in [2.24, 2.45) is 0 Å². The number of rotatable bonds is 4. The number of nitrogens with two attached hydrogens (primary N) is 1. The van der Waals surface area contributed by atoms with Crippen molar-refractivity contribution in [3.05, 3.63) is 41.9 Å². The Bertz CT molecular complexity index is 590. The highest BCUT2D eigenvalue weighted by molar-refractivity contribution is 5.92. The summed E-state index contributed by atoms with van der Waals surface area (Å²) in [5.41, 5.74) is 8.24. The van der Waals surface area contributed by atoms with Crippen LogP contribution in [0.5, 0.6) is 0 Å². The minimum absolute atomic E-state index is 0.147. The fourth-order valence-electron chi connectivity index (χ4n) is 2.03. The van der Waals surface area contributed by atoms with Gasteiger partial charge < -0.3 is 10.5 Å². The number of aryl methyl sites for hydroxylation is 1. The lowest BCUT2D eigenvalue weighted by atomic mass is 10.1. The average Bonchev–Trinajstić information content (AvgIpc) is 2.81. The number of imidazole rings is 1. The van der Waals surface area contributed by atoms with Crippen molar-refractivity contribution < 1.29 is 9.53 Å². The molecular formula is C14H17N3O2. The number of ether oxygens (including phenoxy) is 1. The molecule has 1 heterocycles. The van der Waals surface area contributed by atoms with Gasteiger partial charge in [-0.15, -0.1) is 0 Å². The summed E-state index contributed by atoms with van der Waals surface area (Å²) in [4.78, 5) is 15.5.